The number of pyridine rings is 1. The fourth-order valence-electron chi connectivity index (χ4n) is 3.31. The molecule has 2 aromatic heterocycles. The summed E-state index contributed by atoms with van der Waals surface area (Å²) in [5.41, 5.74) is 2.48. The molecule has 0 unspecified atom stereocenters. The van der Waals surface area contributed by atoms with Crippen LogP contribution in [-0.2, 0) is 17.4 Å². The minimum atomic E-state index is -4.50. The fourth-order valence-corrected chi connectivity index (χ4v) is 3.31. The van der Waals surface area contributed by atoms with Crippen molar-refractivity contribution in [2.75, 3.05) is 5.32 Å². The Morgan fingerprint density at radius 2 is 1.92 bits per heavy atom. The highest BCUT2D eigenvalue weighted by molar-refractivity contribution is 5.99. The third-order valence-electron chi connectivity index (χ3n) is 4.53. The molecule has 0 aliphatic carbocycles. The van der Waals surface area contributed by atoms with Crippen LogP contribution in [0.3, 0.4) is 0 Å². The molecule has 1 aliphatic rings. The Morgan fingerprint density at radius 1 is 1.15 bits per heavy atom. The average molecular weight is 359 g/mol. The van der Waals surface area contributed by atoms with Gasteiger partial charge in [-0.25, -0.2) is 4.98 Å². The topological polar surface area (TPSA) is 46.9 Å². The lowest BCUT2D eigenvalue weighted by Gasteiger charge is -2.14. The van der Waals surface area contributed by atoms with E-state index < -0.39 is 11.9 Å². The van der Waals surface area contributed by atoms with E-state index in [0.29, 0.717) is 11.1 Å². The van der Waals surface area contributed by atoms with Crippen molar-refractivity contribution < 1.29 is 18.0 Å². The highest BCUT2D eigenvalue weighted by Gasteiger charge is 2.33. The van der Waals surface area contributed by atoms with Crippen LogP contribution in [0.4, 0.5) is 18.9 Å². The van der Waals surface area contributed by atoms with Gasteiger partial charge in [0.15, 0.2) is 0 Å². The van der Waals surface area contributed by atoms with Crippen molar-refractivity contribution in [3.8, 4) is 5.69 Å². The van der Waals surface area contributed by atoms with Crippen LogP contribution >= 0.6 is 0 Å². The summed E-state index contributed by atoms with van der Waals surface area (Å²) >= 11 is 0. The van der Waals surface area contributed by atoms with Crippen LogP contribution in [0.2, 0.25) is 0 Å². The molecule has 0 saturated heterocycles. The number of nitrogens with zero attached hydrogens (tertiary/aromatic N) is 2. The second kappa shape index (κ2) is 5.59. The zero-order valence-electron chi connectivity index (χ0n) is 14.2. The molecule has 4 nitrogen and oxygen atoms in total. The van der Waals surface area contributed by atoms with Crippen LogP contribution in [-0.4, -0.2) is 15.5 Å². The number of amides is 1. The van der Waals surface area contributed by atoms with Gasteiger partial charge in [-0.3, -0.25) is 9.36 Å². The molecule has 1 aromatic carbocycles. The molecule has 1 amide bonds. The van der Waals surface area contributed by atoms with Crippen LogP contribution < -0.4 is 5.32 Å². The van der Waals surface area contributed by atoms with Gasteiger partial charge in [0, 0.05) is 22.5 Å². The van der Waals surface area contributed by atoms with Gasteiger partial charge in [-0.15, -0.1) is 0 Å². The molecule has 7 heteroatoms. The highest BCUT2D eigenvalue weighted by Crippen LogP contribution is 2.34. The van der Waals surface area contributed by atoms with E-state index in [1.54, 1.807) is 16.7 Å². The van der Waals surface area contributed by atoms with Gasteiger partial charge in [0.1, 0.15) is 11.3 Å². The molecule has 3 heterocycles. The van der Waals surface area contributed by atoms with E-state index in [0.717, 1.165) is 23.0 Å². The lowest BCUT2D eigenvalue weighted by Crippen LogP contribution is -2.09. The summed E-state index contributed by atoms with van der Waals surface area (Å²) < 4.78 is 41.1. The molecule has 0 atom stereocenters. The van der Waals surface area contributed by atoms with Gasteiger partial charge in [0.25, 0.3) is 0 Å². The Hall–Kier alpha value is -2.83. The van der Waals surface area contributed by atoms with Crippen molar-refractivity contribution in [3.63, 3.8) is 0 Å². The van der Waals surface area contributed by atoms with Gasteiger partial charge < -0.3 is 5.32 Å². The van der Waals surface area contributed by atoms with Crippen molar-refractivity contribution in [1.29, 1.82) is 0 Å². The van der Waals surface area contributed by atoms with E-state index in [4.69, 9.17) is 0 Å². The zero-order valence-corrected chi connectivity index (χ0v) is 14.2. The lowest BCUT2D eigenvalue weighted by atomic mass is 10.1. The predicted molar refractivity (Wildman–Crippen MR) is 92.5 cm³/mol. The number of aromatic nitrogens is 2. The van der Waals surface area contributed by atoms with Crippen molar-refractivity contribution in [3.05, 3.63) is 53.3 Å². The largest absolute Gasteiger partial charge is 0.433 e. The van der Waals surface area contributed by atoms with Crippen LogP contribution in [0.5, 0.6) is 0 Å². The van der Waals surface area contributed by atoms with Gasteiger partial charge in [-0.05, 0) is 47.9 Å². The first kappa shape index (κ1) is 16.6. The Balaban J connectivity index is 1.97. The standard InChI is InChI=1S/C19H16F3N3O/c1-10(2)15-8-11-3-6-16(19(20,21)22)24-18(11)25(15)13-4-5-14-12(7-13)9-17(26)23-14/h3-8,10H,9H2,1-2H3,(H,23,26). The molecule has 0 spiro atoms. The number of fused-ring (bicyclic) bond motifs is 2. The first-order valence-electron chi connectivity index (χ1n) is 8.27. The van der Waals surface area contributed by atoms with Gasteiger partial charge in [0.05, 0.1) is 6.42 Å². The molecule has 0 bridgehead atoms. The number of hydrogen-bond donors (Lipinski definition) is 1. The summed E-state index contributed by atoms with van der Waals surface area (Å²) in [6.45, 7) is 3.96. The fraction of sp³-hybridized carbons (Fsp3) is 0.263. The van der Waals surface area contributed by atoms with Crippen molar-refractivity contribution in [1.82, 2.24) is 9.55 Å². The van der Waals surface area contributed by atoms with Gasteiger partial charge in [-0.1, -0.05) is 13.8 Å². The number of benzene rings is 1. The maximum absolute atomic E-state index is 13.1. The van der Waals surface area contributed by atoms with Gasteiger partial charge in [0.2, 0.25) is 5.91 Å². The lowest BCUT2D eigenvalue weighted by molar-refractivity contribution is -0.141. The van der Waals surface area contributed by atoms with Crippen LogP contribution in [0.15, 0.2) is 36.4 Å². The molecule has 0 fully saturated rings. The van der Waals surface area contributed by atoms with Crippen molar-refractivity contribution in [2.24, 2.45) is 0 Å². The Bertz CT molecular complexity index is 1030. The Labute approximate surface area is 147 Å². The molecule has 0 radical (unpaired) electrons. The van der Waals surface area contributed by atoms with Gasteiger partial charge >= 0.3 is 6.18 Å². The third kappa shape index (κ3) is 2.64. The summed E-state index contributed by atoms with van der Waals surface area (Å²) in [7, 11) is 0. The first-order valence-corrected chi connectivity index (χ1v) is 8.27. The van der Waals surface area contributed by atoms with E-state index in [1.807, 2.05) is 26.0 Å². The number of hydrogen-bond acceptors (Lipinski definition) is 2. The molecule has 0 saturated carbocycles. The van der Waals surface area contributed by atoms with E-state index in [1.165, 1.54) is 6.07 Å². The van der Waals surface area contributed by atoms with Crippen LogP contribution in [0, 0.1) is 0 Å². The quantitative estimate of drug-likeness (QED) is 0.723. The molecular formula is C19H16F3N3O. The van der Waals surface area contributed by atoms with Crippen LogP contribution in [0.1, 0.15) is 36.7 Å². The summed E-state index contributed by atoms with van der Waals surface area (Å²) in [4.78, 5) is 15.5. The number of carbonyl (C=O) groups is 1. The molecular weight excluding hydrogens is 343 g/mol. The molecule has 26 heavy (non-hydrogen) atoms. The maximum Gasteiger partial charge on any atom is 0.433 e. The molecule has 1 N–H and O–H groups in total. The number of alkyl halides is 3. The molecule has 134 valence electrons. The minimum absolute atomic E-state index is 0.0870. The average Bonchev–Trinajstić information content (AvgIpc) is 3.11. The summed E-state index contributed by atoms with van der Waals surface area (Å²) in [5, 5.41) is 3.41. The number of anilines is 1. The minimum Gasteiger partial charge on any atom is -0.326 e. The third-order valence-corrected chi connectivity index (χ3v) is 4.53. The van der Waals surface area contributed by atoms with Crippen molar-refractivity contribution >= 4 is 22.6 Å². The highest BCUT2D eigenvalue weighted by atomic mass is 19.4. The summed E-state index contributed by atoms with van der Waals surface area (Å²) in [6, 6.07) is 9.72. The normalized spacial score (nSPS) is 14.2. The molecule has 3 aromatic rings. The zero-order chi connectivity index (χ0) is 18.6. The molecule has 1 aliphatic heterocycles. The number of carbonyl (C=O) groups excluding carboxylic acids is 1. The second-order valence-electron chi connectivity index (χ2n) is 6.73. The number of nitrogens with one attached hydrogen (secondary N) is 1. The molecule has 4 rings (SSSR count). The van der Waals surface area contributed by atoms with E-state index in [-0.39, 0.29) is 23.9 Å². The van der Waals surface area contributed by atoms with Crippen LogP contribution in [0.25, 0.3) is 16.7 Å². The van der Waals surface area contributed by atoms with E-state index >= 15 is 0 Å². The smallest absolute Gasteiger partial charge is 0.326 e. The number of rotatable bonds is 2. The Morgan fingerprint density at radius 3 is 2.62 bits per heavy atom. The summed E-state index contributed by atoms with van der Waals surface area (Å²) in [5.74, 6) is 0.00243. The van der Waals surface area contributed by atoms with E-state index in [2.05, 4.69) is 10.3 Å². The first-order chi connectivity index (χ1) is 12.2. The van der Waals surface area contributed by atoms with Crippen molar-refractivity contribution in [2.45, 2.75) is 32.4 Å². The number of halogens is 3. The SMILES string of the molecule is CC(C)c1cc2ccc(C(F)(F)F)nc2n1-c1ccc2c(c1)CC(=O)N2. The summed E-state index contributed by atoms with van der Waals surface area (Å²) in [6.07, 6.45) is -4.24. The monoisotopic (exact) mass is 359 g/mol. The predicted octanol–water partition coefficient (Wildman–Crippen LogP) is 4.66. The second-order valence-corrected chi connectivity index (χ2v) is 6.73. The maximum atomic E-state index is 13.1. The van der Waals surface area contributed by atoms with Gasteiger partial charge in [-0.2, -0.15) is 13.2 Å². The Kier molecular flexibility index (Phi) is 3.57. The van der Waals surface area contributed by atoms with E-state index in [9.17, 15) is 18.0 Å².